The number of carbonyl (C=O) groups excluding carboxylic acids is 2. The number of anilines is 2. The fraction of sp³-hybridized carbons (Fsp3) is 0.458. The summed E-state index contributed by atoms with van der Waals surface area (Å²) in [7, 11) is 1.77. The first-order valence-electron chi connectivity index (χ1n) is 12.0. The second-order valence-corrected chi connectivity index (χ2v) is 8.94. The van der Waals surface area contributed by atoms with Gasteiger partial charge < -0.3 is 25.7 Å². The zero-order valence-corrected chi connectivity index (χ0v) is 21.3. The van der Waals surface area contributed by atoms with Crippen molar-refractivity contribution in [3.05, 3.63) is 42.2 Å². The van der Waals surface area contributed by atoms with Crippen molar-refractivity contribution in [1.29, 1.82) is 0 Å². The molecule has 1 saturated heterocycles. The number of rotatable bonds is 8. The molecule has 0 unspecified atom stereocenters. The monoisotopic (exact) mass is 536 g/mol. The van der Waals surface area contributed by atoms with E-state index in [1.807, 2.05) is 10.9 Å². The number of pyridine rings is 1. The van der Waals surface area contributed by atoms with Crippen molar-refractivity contribution in [2.45, 2.75) is 44.9 Å². The minimum atomic E-state index is -4.33. The molecule has 1 fully saturated rings. The molecule has 3 aromatic heterocycles. The SMILES string of the molecule is CNc1cn(C2CCN(C(C)C)CC2)nc1C(N)=O.O=Cc1coc(-c2ccnc(NCC(F)(F)F)c2)n1. The standard InChI is InChI=1S/C13H23N5O.C11H8F3N3O2/c1-9(2)17-6-4-10(5-7-17)18-8-11(15-3)12(16-18)13(14)19;12-11(13,14)6-16-9-3-7(1-2-15-9)10-17-8(4-18)5-19-10/h8-10,15H,4-7H2,1-3H3,(H2,14,19);1-5H,6H2,(H,15,16). The van der Waals surface area contributed by atoms with Crippen molar-refractivity contribution in [3.63, 3.8) is 0 Å². The number of oxazole rings is 1. The van der Waals surface area contributed by atoms with Crippen LogP contribution in [0.25, 0.3) is 11.5 Å². The Morgan fingerprint density at radius 2 is 2.03 bits per heavy atom. The summed E-state index contributed by atoms with van der Waals surface area (Å²) in [6, 6.07) is 3.81. The van der Waals surface area contributed by atoms with Crippen molar-refractivity contribution in [2.24, 2.45) is 5.73 Å². The van der Waals surface area contributed by atoms with Crippen LogP contribution in [0.4, 0.5) is 24.7 Å². The normalized spacial score (nSPS) is 14.6. The molecule has 0 bridgehead atoms. The first-order valence-corrected chi connectivity index (χ1v) is 12.0. The van der Waals surface area contributed by atoms with E-state index in [9.17, 15) is 22.8 Å². The molecule has 0 radical (unpaired) electrons. The van der Waals surface area contributed by atoms with Crippen LogP contribution in [-0.4, -0.2) is 75.7 Å². The smallest absolute Gasteiger partial charge is 0.405 e. The van der Waals surface area contributed by atoms with Gasteiger partial charge in [-0.3, -0.25) is 14.3 Å². The number of likely N-dealkylation sites (tertiary alicyclic amines) is 1. The van der Waals surface area contributed by atoms with Crippen LogP contribution in [0, 0.1) is 0 Å². The summed E-state index contributed by atoms with van der Waals surface area (Å²) in [5.74, 6) is -0.303. The van der Waals surface area contributed by atoms with Gasteiger partial charge in [0.25, 0.3) is 5.91 Å². The Balaban J connectivity index is 0.000000211. The van der Waals surface area contributed by atoms with Crippen LogP contribution in [0.15, 0.2) is 35.2 Å². The lowest BCUT2D eigenvalue weighted by Gasteiger charge is -2.34. The minimum Gasteiger partial charge on any atom is -0.444 e. The zero-order chi connectivity index (χ0) is 27.9. The lowest BCUT2D eigenvalue weighted by atomic mass is 10.0. The molecule has 0 aromatic carbocycles. The predicted octanol–water partition coefficient (Wildman–Crippen LogP) is 3.59. The molecule has 0 atom stereocenters. The third-order valence-electron chi connectivity index (χ3n) is 5.96. The molecular formula is C24H31F3N8O3. The molecular weight excluding hydrogens is 505 g/mol. The van der Waals surface area contributed by atoms with Crippen LogP contribution in [0.2, 0.25) is 0 Å². The van der Waals surface area contributed by atoms with E-state index in [0.29, 0.717) is 35.3 Å². The maximum Gasteiger partial charge on any atom is 0.405 e. The zero-order valence-electron chi connectivity index (χ0n) is 21.3. The van der Waals surface area contributed by atoms with Gasteiger partial charge in [0, 0.05) is 44.1 Å². The van der Waals surface area contributed by atoms with Crippen LogP contribution >= 0.6 is 0 Å². The largest absolute Gasteiger partial charge is 0.444 e. The molecule has 4 heterocycles. The molecule has 0 spiro atoms. The van der Waals surface area contributed by atoms with E-state index in [4.69, 9.17) is 10.2 Å². The molecule has 1 aliphatic rings. The van der Waals surface area contributed by atoms with Gasteiger partial charge in [0.05, 0.1) is 11.7 Å². The van der Waals surface area contributed by atoms with E-state index in [2.05, 4.69) is 44.4 Å². The number of alkyl halides is 3. The van der Waals surface area contributed by atoms with Crippen LogP contribution < -0.4 is 16.4 Å². The molecule has 11 nitrogen and oxygen atoms in total. The van der Waals surface area contributed by atoms with Crippen molar-refractivity contribution < 1.29 is 27.2 Å². The molecule has 14 heteroatoms. The molecule has 4 rings (SSSR count). The highest BCUT2D eigenvalue weighted by Gasteiger charge is 2.27. The van der Waals surface area contributed by atoms with Crippen LogP contribution in [0.3, 0.4) is 0 Å². The Kier molecular flexibility index (Phi) is 9.45. The van der Waals surface area contributed by atoms with E-state index >= 15 is 0 Å². The van der Waals surface area contributed by atoms with E-state index in [-0.39, 0.29) is 17.4 Å². The van der Waals surface area contributed by atoms with Crippen molar-refractivity contribution in [2.75, 3.05) is 37.3 Å². The summed E-state index contributed by atoms with van der Waals surface area (Å²) < 4.78 is 43.1. The summed E-state index contributed by atoms with van der Waals surface area (Å²) in [5.41, 5.74) is 6.90. The van der Waals surface area contributed by atoms with Crippen molar-refractivity contribution in [3.8, 4) is 11.5 Å². The number of nitrogens with two attached hydrogens (primary N) is 1. The van der Waals surface area contributed by atoms with Crippen LogP contribution in [0.5, 0.6) is 0 Å². The Morgan fingerprint density at radius 3 is 2.55 bits per heavy atom. The number of aromatic nitrogens is 4. The topological polar surface area (TPSA) is 144 Å². The van der Waals surface area contributed by atoms with E-state index < -0.39 is 18.6 Å². The summed E-state index contributed by atoms with van der Waals surface area (Å²) in [6.45, 7) is 5.40. The molecule has 1 aliphatic heterocycles. The number of nitrogens with zero attached hydrogens (tertiary/aromatic N) is 5. The maximum absolute atomic E-state index is 12.1. The predicted molar refractivity (Wildman–Crippen MR) is 135 cm³/mol. The van der Waals surface area contributed by atoms with Gasteiger partial charge in [0.15, 0.2) is 12.0 Å². The summed E-state index contributed by atoms with van der Waals surface area (Å²) in [5, 5.41) is 9.44. The summed E-state index contributed by atoms with van der Waals surface area (Å²) in [6.07, 6.45) is 2.66. The average molecular weight is 537 g/mol. The number of carbonyl (C=O) groups is 2. The Hall–Kier alpha value is -3.94. The lowest BCUT2D eigenvalue weighted by molar-refractivity contribution is -0.115. The van der Waals surface area contributed by atoms with Gasteiger partial charge in [-0.15, -0.1) is 0 Å². The average Bonchev–Trinajstić information content (AvgIpc) is 3.55. The molecule has 0 saturated carbocycles. The fourth-order valence-corrected chi connectivity index (χ4v) is 3.93. The number of hydrogen-bond acceptors (Lipinski definition) is 9. The molecule has 4 N–H and O–H groups in total. The van der Waals surface area contributed by atoms with Gasteiger partial charge in [0.1, 0.15) is 24.3 Å². The fourth-order valence-electron chi connectivity index (χ4n) is 3.93. The van der Waals surface area contributed by atoms with Gasteiger partial charge in [-0.05, 0) is 38.8 Å². The first-order chi connectivity index (χ1) is 18.0. The maximum atomic E-state index is 12.1. The second kappa shape index (κ2) is 12.5. The van der Waals surface area contributed by atoms with Gasteiger partial charge in [0.2, 0.25) is 5.89 Å². The van der Waals surface area contributed by atoms with E-state index in [0.717, 1.165) is 32.2 Å². The number of nitrogens with one attached hydrogen (secondary N) is 2. The number of halogens is 3. The van der Waals surface area contributed by atoms with Gasteiger partial charge in [-0.25, -0.2) is 9.97 Å². The summed E-state index contributed by atoms with van der Waals surface area (Å²) >= 11 is 0. The highest BCUT2D eigenvalue weighted by atomic mass is 19.4. The van der Waals surface area contributed by atoms with E-state index in [1.54, 1.807) is 7.05 Å². The van der Waals surface area contributed by atoms with Crippen LogP contribution in [0.1, 0.15) is 53.7 Å². The Labute approximate surface area is 217 Å². The Bertz CT molecular complexity index is 1220. The lowest BCUT2D eigenvalue weighted by Crippen LogP contribution is -2.39. The molecule has 3 aromatic rings. The third-order valence-corrected chi connectivity index (χ3v) is 5.96. The van der Waals surface area contributed by atoms with Crippen molar-refractivity contribution in [1.82, 2.24) is 24.6 Å². The summed E-state index contributed by atoms with van der Waals surface area (Å²) in [4.78, 5) is 31.8. The minimum absolute atomic E-state index is 0.0423. The Morgan fingerprint density at radius 1 is 1.32 bits per heavy atom. The molecule has 38 heavy (non-hydrogen) atoms. The third kappa shape index (κ3) is 7.78. The molecule has 0 aliphatic carbocycles. The van der Waals surface area contributed by atoms with Crippen molar-refractivity contribution >= 4 is 23.7 Å². The number of piperidine rings is 1. The highest BCUT2D eigenvalue weighted by Crippen LogP contribution is 2.26. The number of amides is 1. The number of primary amides is 1. The number of aldehydes is 1. The first kappa shape index (κ1) is 28.6. The second-order valence-electron chi connectivity index (χ2n) is 8.94. The quantitative estimate of drug-likeness (QED) is 0.368. The van der Waals surface area contributed by atoms with E-state index in [1.165, 1.54) is 18.3 Å². The van der Waals surface area contributed by atoms with Gasteiger partial charge >= 0.3 is 6.18 Å². The van der Waals surface area contributed by atoms with Crippen LogP contribution in [-0.2, 0) is 0 Å². The molecule has 206 valence electrons. The highest BCUT2D eigenvalue weighted by molar-refractivity contribution is 5.96. The van der Waals surface area contributed by atoms with Gasteiger partial charge in [-0.1, -0.05) is 0 Å². The molecule has 1 amide bonds. The number of hydrogen-bond donors (Lipinski definition) is 3. The van der Waals surface area contributed by atoms with Gasteiger partial charge in [-0.2, -0.15) is 18.3 Å².